The minimum absolute atomic E-state index is 0.0762. The molecule has 21 heavy (non-hydrogen) atoms. The number of hydrogen-bond acceptors (Lipinski definition) is 5. The highest BCUT2D eigenvalue weighted by Gasteiger charge is 2.20. The molecule has 8 heteroatoms. The minimum atomic E-state index is -1.51. The van der Waals surface area contributed by atoms with E-state index in [-0.39, 0.29) is 17.1 Å². The second kappa shape index (κ2) is 6.08. The Morgan fingerprint density at radius 3 is 3.05 bits per heavy atom. The van der Waals surface area contributed by atoms with Crippen molar-refractivity contribution < 1.29 is 13.7 Å². The number of nitrogens with zero attached hydrogens (tertiary/aromatic N) is 4. The zero-order valence-electron chi connectivity index (χ0n) is 11.5. The molecule has 3 heterocycles. The normalized spacial score (nSPS) is 20.4. The molecule has 0 aliphatic carbocycles. The smallest absolute Gasteiger partial charge is 0.284 e. The van der Waals surface area contributed by atoms with E-state index in [1.165, 1.54) is 6.26 Å². The lowest BCUT2D eigenvalue weighted by Gasteiger charge is -2.22. The molecule has 0 aromatic carbocycles. The summed E-state index contributed by atoms with van der Waals surface area (Å²) in [5, 5.41) is 4.27. The first-order valence-electron chi connectivity index (χ1n) is 6.68. The first-order valence-corrected chi connectivity index (χ1v) is 8.24. The topological polar surface area (TPSA) is 75.9 Å². The fourth-order valence-corrected chi connectivity index (χ4v) is 2.77. The standard InChI is InChI=1S/C13H15FN4O2S/c1-21(19)13-9(14)8-15-12(16-13)10-5-6-18(17-10)11-4-2-3-7-20-11/h5-6,8,11H,2-4,7H2,1H3. The molecule has 2 aromatic rings. The Hall–Kier alpha value is -1.51. The summed E-state index contributed by atoms with van der Waals surface area (Å²) in [6, 6.07) is 1.74. The highest BCUT2D eigenvalue weighted by molar-refractivity contribution is 7.90. The summed E-state index contributed by atoms with van der Waals surface area (Å²) in [5.41, 5.74) is 0.510. The summed E-state index contributed by atoms with van der Waals surface area (Å²) in [6.45, 7) is 0.728. The fourth-order valence-electron chi connectivity index (χ4n) is 2.23. The van der Waals surface area contributed by atoms with Crippen molar-refractivity contribution in [1.82, 2.24) is 19.7 Å². The lowest BCUT2D eigenvalue weighted by atomic mass is 10.2. The van der Waals surface area contributed by atoms with Gasteiger partial charge in [-0.05, 0) is 25.3 Å². The largest absolute Gasteiger partial charge is 0.610 e. The molecule has 0 amide bonds. The third kappa shape index (κ3) is 3.07. The molecule has 0 bridgehead atoms. The second-order valence-corrected chi connectivity index (χ2v) is 6.10. The molecule has 1 aliphatic rings. The van der Waals surface area contributed by atoms with Crippen LogP contribution in [0.5, 0.6) is 0 Å². The van der Waals surface area contributed by atoms with Crippen LogP contribution in [0.3, 0.4) is 0 Å². The lowest BCUT2D eigenvalue weighted by Crippen LogP contribution is -2.18. The van der Waals surface area contributed by atoms with Gasteiger partial charge >= 0.3 is 0 Å². The van der Waals surface area contributed by atoms with Crippen LogP contribution in [-0.2, 0) is 15.9 Å². The van der Waals surface area contributed by atoms with Gasteiger partial charge in [0.2, 0.25) is 5.82 Å². The molecule has 2 atom stereocenters. The van der Waals surface area contributed by atoms with E-state index in [0.29, 0.717) is 5.69 Å². The van der Waals surface area contributed by atoms with Gasteiger partial charge in [0.25, 0.3) is 5.03 Å². The number of rotatable bonds is 3. The van der Waals surface area contributed by atoms with Gasteiger partial charge in [0, 0.05) is 24.0 Å². The van der Waals surface area contributed by atoms with Crippen molar-refractivity contribution in [2.45, 2.75) is 30.5 Å². The van der Waals surface area contributed by atoms with Gasteiger partial charge in [0.15, 0.2) is 5.82 Å². The summed E-state index contributed by atoms with van der Waals surface area (Å²) in [6.07, 6.45) is 7.20. The Morgan fingerprint density at radius 1 is 1.48 bits per heavy atom. The van der Waals surface area contributed by atoms with Gasteiger partial charge in [-0.15, -0.1) is 0 Å². The predicted molar refractivity (Wildman–Crippen MR) is 74.4 cm³/mol. The highest BCUT2D eigenvalue weighted by Crippen LogP contribution is 2.23. The van der Waals surface area contributed by atoms with E-state index >= 15 is 0 Å². The monoisotopic (exact) mass is 310 g/mol. The number of ether oxygens (including phenoxy) is 1. The zero-order valence-corrected chi connectivity index (χ0v) is 12.3. The molecule has 0 saturated carbocycles. The molecule has 0 spiro atoms. The summed E-state index contributed by atoms with van der Waals surface area (Å²) in [5.74, 6) is -0.411. The lowest BCUT2D eigenvalue weighted by molar-refractivity contribution is -0.0393. The first-order chi connectivity index (χ1) is 10.1. The van der Waals surface area contributed by atoms with E-state index < -0.39 is 17.0 Å². The summed E-state index contributed by atoms with van der Waals surface area (Å²) >= 11 is -1.51. The van der Waals surface area contributed by atoms with Gasteiger partial charge in [-0.2, -0.15) is 14.5 Å². The summed E-state index contributed by atoms with van der Waals surface area (Å²) in [4.78, 5) is 7.91. The number of hydrogen-bond donors (Lipinski definition) is 0. The maximum absolute atomic E-state index is 13.5. The van der Waals surface area contributed by atoms with Gasteiger partial charge in [-0.3, -0.25) is 0 Å². The van der Waals surface area contributed by atoms with E-state index in [1.807, 2.05) is 0 Å². The quantitative estimate of drug-likeness (QED) is 0.639. The molecule has 2 unspecified atom stereocenters. The van der Waals surface area contributed by atoms with Gasteiger partial charge in [0.05, 0.1) is 6.20 Å². The van der Waals surface area contributed by atoms with Gasteiger partial charge < -0.3 is 9.29 Å². The third-order valence-corrected chi connectivity index (χ3v) is 4.10. The van der Waals surface area contributed by atoms with Gasteiger partial charge in [-0.25, -0.2) is 9.67 Å². The van der Waals surface area contributed by atoms with Crippen LogP contribution in [0.4, 0.5) is 4.39 Å². The van der Waals surface area contributed by atoms with Crippen LogP contribution in [0.1, 0.15) is 25.5 Å². The predicted octanol–water partition coefficient (Wildman–Crippen LogP) is 1.92. The van der Waals surface area contributed by atoms with Gasteiger partial charge in [0.1, 0.15) is 18.2 Å². The Labute approximate surface area is 124 Å². The SMILES string of the molecule is C[S+]([O-])c1nc(-c2ccn(C3CCCCO3)n2)ncc1F. The van der Waals surface area contributed by atoms with Crippen molar-refractivity contribution in [3.8, 4) is 11.5 Å². The van der Waals surface area contributed by atoms with Crippen molar-refractivity contribution in [1.29, 1.82) is 0 Å². The average Bonchev–Trinajstić information content (AvgIpc) is 2.98. The molecule has 112 valence electrons. The van der Waals surface area contributed by atoms with Crippen LogP contribution < -0.4 is 0 Å². The Morgan fingerprint density at radius 2 is 2.33 bits per heavy atom. The van der Waals surface area contributed by atoms with Crippen LogP contribution in [-0.4, -0.2) is 37.2 Å². The molecule has 0 radical (unpaired) electrons. The van der Waals surface area contributed by atoms with Crippen molar-refractivity contribution in [3.05, 3.63) is 24.3 Å². The Kier molecular flexibility index (Phi) is 4.18. The second-order valence-electron chi connectivity index (χ2n) is 4.80. The third-order valence-electron chi connectivity index (χ3n) is 3.27. The highest BCUT2D eigenvalue weighted by atomic mass is 32.2. The molecule has 1 fully saturated rings. The molecule has 1 aliphatic heterocycles. The number of aromatic nitrogens is 4. The van der Waals surface area contributed by atoms with Crippen molar-refractivity contribution in [2.75, 3.05) is 12.9 Å². The fraction of sp³-hybridized carbons (Fsp3) is 0.462. The van der Waals surface area contributed by atoms with Crippen molar-refractivity contribution >= 4 is 11.2 Å². The van der Waals surface area contributed by atoms with Gasteiger partial charge in [-0.1, -0.05) is 0 Å². The minimum Gasteiger partial charge on any atom is -0.610 e. The van der Waals surface area contributed by atoms with Crippen LogP contribution in [0.25, 0.3) is 11.5 Å². The first kappa shape index (κ1) is 14.4. The molecule has 6 nitrogen and oxygen atoms in total. The van der Waals surface area contributed by atoms with Crippen LogP contribution in [0, 0.1) is 5.82 Å². The van der Waals surface area contributed by atoms with Crippen molar-refractivity contribution in [2.24, 2.45) is 0 Å². The molecule has 1 saturated heterocycles. The molecule has 0 N–H and O–H groups in total. The van der Waals surface area contributed by atoms with E-state index in [4.69, 9.17) is 4.74 Å². The molecular formula is C13H15FN4O2S. The maximum Gasteiger partial charge on any atom is 0.284 e. The summed E-state index contributed by atoms with van der Waals surface area (Å²) < 4.78 is 32.3. The Bertz CT molecular complexity index is 628. The van der Waals surface area contributed by atoms with E-state index in [0.717, 1.165) is 32.1 Å². The van der Waals surface area contributed by atoms with E-state index in [1.54, 1.807) is 16.9 Å². The Balaban J connectivity index is 1.87. The van der Waals surface area contributed by atoms with E-state index in [9.17, 15) is 8.94 Å². The average molecular weight is 310 g/mol. The van der Waals surface area contributed by atoms with Crippen LogP contribution in [0.2, 0.25) is 0 Å². The maximum atomic E-state index is 13.5. The molecule has 2 aromatic heterocycles. The van der Waals surface area contributed by atoms with Crippen molar-refractivity contribution in [3.63, 3.8) is 0 Å². The summed E-state index contributed by atoms with van der Waals surface area (Å²) in [7, 11) is 0. The van der Waals surface area contributed by atoms with E-state index in [2.05, 4.69) is 15.1 Å². The van der Waals surface area contributed by atoms with Crippen LogP contribution >= 0.6 is 0 Å². The number of halogens is 1. The molecular weight excluding hydrogens is 295 g/mol. The zero-order chi connectivity index (χ0) is 14.8. The molecule has 3 rings (SSSR count). The van der Waals surface area contributed by atoms with Crippen LogP contribution in [0.15, 0.2) is 23.5 Å².